The van der Waals surface area contributed by atoms with Gasteiger partial charge in [-0.1, -0.05) is 17.7 Å². The lowest BCUT2D eigenvalue weighted by molar-refractivity contribution is -0.132. The Labute approximate surface area is 125 Å². The van der Waals surface area contributed by atoms with Crippen LogP contribution in [-0.4, -0.2) is 11.1 Å². The Morgan fingerprint density at radius 3 is 2.80 bits per heavy atom. The lowest BCUT2D eigenvalue weighted by Gasteiger charge is -2.01. The van der Waals surface area contributed by atoms with Gasteiger partial charge in [0.05, 0.1) is 11.6 Å². The largest absolute Gasteiger partial charge is 0.478 e. The Balaban J connectivity index is 2.37. The van der Waals surface area contributed by atoms with Crippen LogP contribution in [0.25, 0.3) is 17.2 Å². The molecule has 20 heavy (non-hydrogen) atoms. The Hall–Kier alpha value is -2.09. The smallest absolute Gasteiger partial charge is 0.331 e. The molecule has 0 aliphatic heterocycles. The molecule has 2 rings (SSSR count). The van der Waals surface area contributed by atoms with Gasteiger partial charge in [-0.25, -0.2) is 4.79 Å². The third kappa shape index (κ3) is 3.08. The number of thiophene rings is 1. The van der Waals surface area contributed by atoms with Gasteiger partial charge in [-0.15, -0.1) is 11.3 Å². The average Bonchev–Trinajstić information content (AvgIpc) is 2.86. The summed E-state index contributed by atoms with van der Waals surface area (Å²) in [6.07, 6.45) is 1.62. The van der Waals surface area contributed by atoms with Crippen molar-refractivity contribution >= 4 is 35.0 Å². The second kappa shape index (κ2) is 5.91. The van der Waals surface area contributed by atoms with Gasteiger partial charge in [0.25, 0.3) is 0 Å². The molecule has 0 fully saturated rings. The van der Waals surface area contributed by atoms with Crippen molar-refractivity contribution < 1.29 is 9.90 Å². The molecule has 0 spiro atoms. The summed E-state index contributed by atoms with van der Waals surface area (Å²) in [4.78, 5) is 11.6. The van der Waals surface area contributed by atoms with Crippen LogP contribution in [0.4, 0.5) is 0 Å². The average molecular weight is 304 g/mol. The fraction of sp³-hybridized carbons (Fsp3) is 0.0667. The molecule has 0 bridgehead atoms. The highest BCUT2D eigenvalue weighted by Gasteiger charge is 2.08. The number of carboxylic acid groups (broad SMARTS) is 1. The van der Waals surface area contributed by atoms with Crippen molar-refractivity contribution in [3.05, 3.63) is 50.7 Å². The highest BCUT2D eigenvalue weighted by Crippen LogP contribution is 2.32. The second-order valence-corrected chi connectivity index (χ2v) is 5.53. The van der Waals surface area contributed by atoms with Crippen molar-refractivity contribution in [2.75, 3.05) is 0 Å². The van der Waals surface area contributed by atoms with Gasteiger partial charge in [0.2, 0.25) is 0 Å². The number of hydrogen-bond donors (Lipinski definition) is 1. The SMILES string of the molecule is C/C(=C\c1cc(-c2ccc(C#N)cc2Cl)cs1)C(=O)O. The van der Waals surface area contributed by atoms with E-state index in [9.17, 15) is 4.79 Å². The lowest BCUT2D eigenvalue weighted by Crippen LogP contribution is -1.94. The van der Waals surface area contributed by atoms with E-state index in [1.54, 1.807) is 31.2 Å². The van der Waals surface area contributed by atoms with Crippen LogP contribution in [0.15, 0.2) is 35.2 Å². The van der Waals surface area contributed by atoms with E-state index in [-0.39, 0.29) is 5.57 Å². The van der Waals surface area contributed by atoms with Crippen LogP contribution >= 0.6 is 22.9 Å². The summed E-state index contributed by atoms with van der Waals surface area (Å²) in [7, 11) is 0. The van der Waals surface area contributed by atoms with E-state index in [1.807, 2.05) is 17.5 Å². The van der Waals surface area contributed by atoms with Crippen LogP contribution < -0.4 is 0 Å². The number of nitriles is 1. The molecule has 0 amide bonds. The van der Waals surface area contributed by atoms with E-state index in [0.717, 1.165) is 16.0 Å². The first kappa shape index (κ1) is 14.3. The van der Waals surface area contributed by atoms with Crippen LogP contribution in [0, 0.1) is 11.3 Å². The van der Waals surface area contributed by atoms with Gasteiger partial charge in [-0.05, 0) is 42.1 Å². The molecule has 0 aliphatic rings. The van der Waals surface area contributed by atoms with Crippen molar-refractivity contribution in [3.8, 4) is 17.2 Å². The molecule has 1 aromatic carbocycles. The zero-order valence-electron chi connectivity index (χ0n) is 10.6. The van der Waals surface area contributed by atoms with Crippen LogP contribution in [0.3, 0.4) is 0 Å². The highest BCUT2D eigenvalue weighted by molar-refractivity contribution is 7.11. The zero-order valence-corrected chi connectivity index (χ0v) is 12.1. The number of rotatable bonds is 3. The molecule has 2 aromatic rings. The maximum atomic E-state index is 10.8. The summed E-state index contributed by atoms with van der Waals surface area (Å²) in [6.45, 7) is 1.55. The van der Waals surface area contributed by atoms with Crippen LogP contribution in [0.2, 0.25) is 5.02 Å². The minimum Gasteiger partial charge on any atom is -0.478 e. The number of aliphatic carboxylic acids is 1. The first-order chi connectivity index (χ1) is 9.51. The summed E-state index contributed by atoms with van der Waals surface area (Å²) in [5.41, 5.74) is 2.53. The Morgan fingerprint density at radius 2 is 2.20 bits per heavy atom. The van der Waals surface area contributed by atoms with E-state index in [4.69, 9.17) is 22.0 Å². The molecule has 0 radical (unpaired) electrons. The summed E-state index contributed by atoms with van der Waals surface area (Å²) in [6, 6.07) is 9.03. The molecule has 1 heterocycles. The maximum absolute atomic E-state index is 10.8. The van der Waals surface area contributed by atoms with Crippen LogP contribution in [-0.2, 0) is 4.79 Å². The fourth-order valence-corrected chi connectivity index (χ4v) is 2.85. The fourth-order valence-electron chi connectivity index (χ4n) is 1.66. The second-order valence-electron chi connectivity index (χ2n) is 4.18. The zero-order chi connectivity index (χ0) is 14.7. The van der Waals surface area contributed by atoms with Gasteiger partial charge in [0.1, 0.15) is 0 Å². The predicted molar refractivity (Wildman–Crippen MR) is 80.8 cm³/mol. The highest BCUT2D eigenvalue weighted by atomic mass is 35.5. The molecule has 0 aliphatic carbocycles. The first-order valence-corrected chi connectivity index (χ1v) is 6.97. The Morgan fingerprint density at radius 1 is 1.45 bits per heavy atom. The minimum absolute atomic E-state index is 0.282. The Kier molecular flexibility index (Phi) is 4.23. The standard InChI is InChI=1S/C15H10ClNO2S/c1-9(15(18)19)4-12-6-11(8-20-12)13-3-2-10(7-17)5-14(13)16/h2-6,8H,1H3,(H,18,19)/b9-4+. The van der Waals surface area contributed by atoms with Gasteiger partial charge in [-0.2, -0.15) is 5.26 Å². The molecule has 5 heteroatoms. The van der Waals surface area contributed by atoms with E-state index < -0.39 is 5.97 Å². The van der Waals surface area contributed by atoms with Crippen molar-refractivity contribution in [2.45, 2.75) is 6.92 Å². The molecule has 0 saturated heterocycles. The maximum Gasteiger partial charge on any atom is 0.331 e. The number of hydrogen-bond acceptors (Lipinski definition) is 3. The number of benzene rings is 1. The molecule has 3 nitrogen and oxygen atoms in total. The molecule has 0 saturated carbocycles. The van der Waals surface area contributed by atoms with Crippen molar-refractivity contribution in [1.82, 2.24) is 0 Å². The molecule has 0 unspecified atom stereocenters. The summed E-state index contributed by atoms with van der Waals surface area (Å²) in [5.74, 6) is -0.934. The number of halogens is 1. The van der Waals surface area contributed by atoms with Crippen molar-refractivity contribution in [3.63, 3.8) is 0 Å². The normalized spacial score (nSPS) is 11.2. The predicted octanol–water partition coefficient (Wildman–Crippen LogP) is 4.43. The van der Waals surface area contributed by atoms with E-state index in [1.165, 1.54) is 11.3 Å². The molecule has 100 valence electrons. The van der Waals surface area contributed by atoms with Gasteiger partial charge in [-0.3, -0.25) is 0 Å². The number of carboxylic acids is 1. The van der Waals surface area contributed by atoms with Crippen molar-refractivity contribution in [1.29, 1.82) is 5.26 Å². The monoisotopic (exact) mass is 303 g/mol. The summed E-state index contributed by atoms with van der Waals surface area (Å²) in [5, 5.41) is 20.1. The van der Waals surface area contributed by atoms with E-state index in [2.05, 4.69) is 0 Å². The first-order valence-electron chi connectivity index (χ1n) is 5.71. The number of carbonyl (C=O) groups is 1. The van der Waals surface area contributed by atoms with Gasteiger partial charge in [0.15, 0.2) is 0 Å². The van der Waals surface area contributed by atoms with E-state index in [0.29, 0.717) is 10.6 Å². The topological polar surface area (TPSA) is 61.1 Å². The molecule has 1 N–H and O–H groups in total. The van der Waals surface area contributed by atoms with Gasteiger partial charge in [0, 0.05) is 21.0 Å². The lowest BCUT2D eigenvalue weighted by atomic mass is 10.1. The van der Waals surface area contributed by atoms with Crippen molar-refractivity contribution in [2.24, 2.45) is 0 Å². The molecule has 0 atom stereocenters. The minimum atomic E-state index is -0.934. The molecule has 1 aromatic heterocycles. The van der Waals surface area contributed by atoms with Crippen LogP contribution in [0.5, 0.6) is 0 Å². The molecular formula is C15H10ClNO2S. The molecular weight excluding hydrogens is 294 g/mol. The van der Waals surface area contributed by atoms with Gasteiger partial charge >= 0.3 is 5.97 Å². The summed E-state index contributed by atoms with van der Waals surface area (Å²) >= 11 is 7.60. The third-order valence-corrected chi connectivity index (χ3v) is 3.92. The van der Waals surface area contributed by atoms with Gasteiger partial charge < -0.3 is 5.11 Å². The van der Waals surface area contributed by atoms with Crippen LogP contribution in [0.1, 0.15) is 17.4 Å². The quantitative estimate of drug-likeness (QED) is 0.853. The Bertz CT molecular complexity index is 741. The third-order valence-electron chi connectivity index (χ3n) is 2.73. The summed E-state index contributed by atoms with van der Waals surface area (Å²) < 4.78 is 0. The number of nitrogens with zero attached hydrogens (tertiary/aromatic N) is 1. The van der Waals surface area contributed by atoms with E-state index >= 15 is 0 Å².